The molecule has 1 N–H and O–H groups in total. The summed E-state index contributed by atoms with van der Waals surface area (Å²) in [5.41, 5.74) is 1.23. The third-order valence-corrected chi connectivity index (χ3v) is 4.88. The predicted molar refractivity (Wildman–Crippen MR) is 113 cm³/mol. The summed E-state index contributed by atoms with van der Waals surface area (Å²) >= 11 is 0. The van der Waals surface area contributed by atoms with Gasteiger partial charge in [0, 0.05) is 39.8 Å². The molecule has 7 nitrogen and oxygen atoms in total. The van der Waals surface area contributed by atoms with E-state index in [1.807, 2.05) is 17.0 Å². The Labute approximate surface area is 172 Å². The number of carbonyl (C=O) groups excluding carboxylic acids is 1. The van der Waals surface area contributed by atoms with Crippen LogP contribution in [0.15, 0.2) is 52.1 Å². The van der Waals surface area contributed by atoms with Crippen molar-refractivity contribution in [3.8, 4) is 5.75 Å². The third-order valence-electron chi connectivity index (χ3n) is 4.88. The Balaban J connectivity index is 1.45. The number of benzene rings is 1. The Morgan fingerprint density at radius 3 is 2.66 bits per heavy atom. The van der Waals surface area contributed by atoms with E-state index in [0.29, 0.717) is 18.8 Å². The highest BCUT2D eigenvalue weighted by atomic mass is 16.5. The van der Waals surface area contributed by atoms with Gasteiger partial charge in [0.1, 0.15) is 5.75 Å². The second kappa shape index (κ2) is 10.5. The van der Waals surface area contributed by atoms with Crippen molar-refractivity contribution in [2.24, 2.45) is 4.99 Å². The number of nitrogens with zero attached hydrogens (tertiary/aromatic N) is 3. The summed E-state index contributed by atoms with van der Waals surface area (Å²) in [6.45, 7) is 6.41. The summed E-state index contributed by atoms with van der Waals surface area (Å²) in [5, 5.41) is 3.44. The van der Waals surface area contributed by atoms with Crippen molar-refractivity contribution in [1.29, 1.82) is 0 Å². The molecule has 1 aliphatic rings. The Morgan fingerprint density at radius 1 is 1.17 bits per heavy atom. The van der Waals surface area contributed by atoms with E-state index in [-0.39, 0.29) is 5.91 Å². The first-order valence-electron chi connectivity index (χ1n) is 10.2. The van der Waals surface area contributed by atoms with Gasteiger partial charge in [-0.05, 0) is 42.7 Å². The molecule has 29 heavy (non-hydrogen) atoms. The van der Waals surface area contributed by atoms with Crippen LogP contribution in [0.25, 0.3) is 0 Å². The Morgan fingerprint density at radius 2 is 1.97 bits per heavy atom. The van der Waals surface area contributed by atoms with Crippen LogP contribution in [-0.2, 0) is 6.42 Å². The van der Waals surface area contributed by atoms with Gasteiger partial charge in [-0.3, -0.25) is 9.79 Å². The Kier molecular flexibility index (Phi) is 7.55. The van der Waals surface area contributed by atoms with Crippen molar-refractivity contribution in [2.75, 3.05) is 46.4 Å². The minimum Gasteiger partial charge on any atom is -0.494 e. The normalized spacial score (nSPS) is 14.8. The van der Waals surface area contributed by atoms with Crippen molar-refractivity contribution >= 4 is 11.9 Å². The SMILES string of the molecule is CCCOc1cccc(CCNC(=NC)N2CCN(C(=O)c3ccco3)CC2)c1. The van der Waals surface area contributed by atoms with E-state index in [1.54, 1.807) is 19.2 Å². The maximum absolute atomic E-state index is 12.4. The molecule has 7 heteroatoms. The van der Waals surface area contributed by atoms with E-state index in [1.165, 1.54) is 11.8 Å². The van der Waals surface area contributed by atoms with Crippen molar-refractivity contribution in [1.82, 2.24) is 15.1 Å². The molecule has 0 bridgehead atoms. The molecule has 2 aromatic rings. The lowest BCUT2D eigenvalue weighted by Crippen LogP contribution is -2.54. The van der Waals surface area contributed by atoms with E-state index in [9.17, 15) is 4.79 Å². The lowest BCUT2D eigenvalue weighted by Gasteiger charge is -2.36. The minimum absolute atomic E-state index is 0.0530. The molecule has 1 fully saturated rings. The zero-order valence-corrected chi connectivity index (χ0v) is 17.3. The lowest BCUT2D eigenvalue weighted by molar-refractivity contribution is 0.0658. The highest BCUT2D eigenvalue weighted by Crippen LogP contribution is 2.14. The summed E-state index contributed by atoms with van der Waals surface area (Å²) in [7, 11) is 1.79. The van der Waals surface area contributed by atoms with Gasteiger partial charge in [0.05, 0.1) is 12.9 Å². The van der Waals surface area contributed by atoms with Crippen molar-refractivity contribution < 1.29 is 13.9 Å². The third kappa shape index (κ3) is 5.76. The molecule has 2 heterocycles. The molecule has 0 atom stereocenters. The molecule has 1 saturated heterocycles. The fraction of sp³-hybridized carbons (Fsp3) is 0.455. The molecule has 1 aromatic heterocycles. The molecule has 0 unspecified atom stereocenters. The average molecular weight is 399 g/mol. The van der Waals surface area contributed by atoms with E-state index >= 15 is 0 Å². The number of furan rings is 1. The summed E-state index contributed by atoms with van der Waals surface area (Å²) in [6, 6.07) is 11.7. The fourth-order valence-corrected chi connectivity index (χ4v) is 3.34. The smallest absolute Gasteiger partial charge is 0.289 e. The number of rotatable bonds is 7. The summed E-state index contributed by atoms with van der Waals surface area (Å²) in [4.78, 5) is 20.8. The van der Waals surface area contributed by atoms with E-state index in [4.69, 9.17) is 9.15 Å². The van der Waals surface area contributed by atoms with Gasteiger partial charge in [-0.2, -0.15) is 0 Å². The van der Waals surface area contributed by atoms with Gasteiger partial charge in [-0.15, -0.1) is 0 Å². The van der Waals surface area contributed by atoms with Crippen LogP contribution in [0.2, 0.25) is 0 Å². The molecule has 1 amide bonds. The second-order valence-corrected chi connectivity index (χ2v) is 6.98. The fourth-order valence-electron chi connectivity index (χ4n) is 3.34. The molecular formula is C22H30N4O3. The van der Waals surface area contributed by atoms with Gasteiger partial charge in [0.2, 0.25) is 0 Å². The molecule has 0 spiro atoms. The number of hydrogen-bond acceptors (Lipinski definition) is 4. The van der Waals surface area contributed by atoms with Crippen LogP contribution in [0.1, 0.15) is 29.5 Å². The van der Waals surface area contributed by atoms with Crippen molar-refractivity contribution in [3.05, 3.63) is 54.0 Å². The highest BCUT2D eigenvalue weighted by molar-refractivity contribution is 5.91. The number of hydrogen-bond donors (Lipinski definition) is 1. The van der Waals surface area contributed by atoms with Gasteiger partial charge in [0.25, 0.3) is 5.91 Å². The zero-order chi connectivity index (χ0) is 20.5. The van der Waals surface area contributed by atoms with Crippen LogP contribution in [0.4, 0.5) is 0 Å². The first-order valence-corrected chi connectivity index (χ1v) is 10.2. The summed E-state index contributed by atoms with van der Waals surface area (Å²) in [5.74, 6) is 2.13. The quantitative estimate of drug-likeness (QED) is 0.574. The van der Waals surface area contributed by atoms with Crippen LogP contribution in [0, 0.1) is 0 Å². The van der Waals surface area contributed by atoms with Crippen LogP contribution in [0.3, 0.4) is 0 Å². The summed E-state index contributed by atoms with van der Waals surface area (Å²) < 4.78 is 10.9. The van der Waals surface area contributed by atoms with E-state index in [0.717, 1.165) is 50.8 Å². The number of carbonyl (C=O) groups is 1. The number of piperazine rings is 1. The molecular weight excluding hydrogens is 368 g/mol. The zero-order valence-electron chi connectivity index (χ0n) is 17.3. The van der Waals surface area contributed by atoms with Gasteiger partial charge >= 0.3 is 0 Å². The van der Waals surface area contributed by atoms with Gasteiger partial charge < -0.3 is 24.3 Å². The molecule has 156 valence electrons. The molecule has 3 rings (SSSR count). The maximum Gasteiger partial charge on any atom is 0.289 e. The van der Waals surface area contributed by atoms with Gasteiger partial charge in [0.15, 0.2) is 11.7 Å². The van der Waals surface area contributed by atoms with Crippen LogP contribution in [-0.4, -0.2) is 68.0 Å². The lowest BCUT2D eigenvalue weighted by atomic mass is 10.1. The average Bonchev–Trinajstić information content (AvgIpc) is 3.30. The van der Waals surface area contributed by atoms with Crippen LogP contribution >= 0.6 is 0 Å². The number of nitrogens with one attached hydrogen (secondary N) is 1. The highest BCUT2D eigenvalue weighted by Gasteiger charge is 2.25. The van der Waals surface area contributed by atoms with E-state index in [2.05, 4.69) is 34.3 Å². The number of ether oxygens (including phenoxy) is 1. The standard InChI is InChI=1S/C22H30N4O3/c1-3-15-28-19-7-4-6-18(17-19)9-10-24-22(23-2)26-13-11-25(12-14-26)21(27)20-8-5-16-29-20/h4-8,16-17H,3,9-15H2,1-2H3,(H,23,24). The Hall–Kier alpha value is -2.96. The van der Waals surface area contributed by atoms with Gasteiger partial charge in [-0.1, -0.05) is 19.1 Å². The first-order chi connectivity index (χ1) is 14.2. The number of aliphatic imine (C=N–C) groups is 1. The minimum atomic E-state index is -0.0530. The monoisotopic (exact) mass is 398 g/mol. The summed E-state index contributed by atoms with van der Waals surface area (Å²) in [6.07, 6.45) is 3.42. The Bertz CT molecular complexity index is 796. The molecule has 0 aliphatic carbocycles. The van der Waals surface area contributed by atoms with Gasteiger partial charge in [-0.25, -0.2) is 0 Å². The molecule has 1 aliphatic heterocycles. The number of amides is 1. The second-order valence-electron chi connectivity index (χ2n) is 6.98. The van der Waals surface area contributed by atoms with Crippen molar-refractivity contribution in [3.63, 3.8) is 0 Å². The largest absolute Gasteiger partial charge is 0.494 e. The predicted octanol–water partition coefficient (Wildman–Crippen LogP) is 2.64. The van der Waals surface area contributed by atoms with Crippen molar-refractivity contribution in [2.45, 2.75) is 19.8 Å². The topological polar surface area (TPSA) is 70.3 Å². The van der Waals surface area contributed by atoms with Crippen LogP contribution in [0.5, 0.6) is 5.75 Å². The van der Waals surface area contributed by atoms with Crippen LogP contribution < -0.4 is 10.1 Å². The first kappa shape index (κ1) is 20.8. The molecule has 1 aromatic carbocycles. The van der Waals surface area contributed by atoms with E-state index < -0.39 is 0 Å². The maximum atomic E-state index is 12.4. The molecule has 0 radical (unpaired) electrons. The number of guanidine groups is 1. The molecule has 0 saturated carbocycles.